The zero-order valence-electron chi connectivity index (χ0n) is 10.6. The molecule has 0 bridgehead atoms. The molecule has 1 aromatic carbocycles. The smallest absolute Gasteiger partial charge is 0.307 e. The van der Waals surface area contributed by atoms with Crippen LogP contribution in [0, 0.1) is 0 Å². The van der Waals surface area contributed by atoms with Crippen molar-refractivity contribution in [1.29, 1.82) is 0 Å². The molecule has 0 radical (unpaired) electrons. The number of thioether (sulfide) groups is 1. The SMILES string of the molecule is O=C(Nc1ccccc1Br)N1CCS[C@@H]1c1cccs1. The van der Waals surface area contributed by atoms with Gasteiger partial charge in [0, 0.05) is 21.6 Å². The Balaban J connectivity index is 1.75. The molecule has 20 heavy (non-hydrogen) atoms. The van der Waals surface area contributed by atoms with E-state index in [1.54, 1.807) is 11.3 Å². The molecule has 104 valence electrons. The van der Waals surface area contributed by atoms with E-state index >= 15 is 0 Å². The highest BCUT2D eigenvalue weighted by atomic mass is 79.9. The number of rotatable bonds is 2. The maximum Gasteiger partial charge on any atom is 0.323 e. The normalized spacial score (nSPS) is 18.2. The number of benzene rings is 1. The Morgan fingerprint density at radius 3 is 2.90 bits per heavy atom. The molecule has 1 N–H and O–H groups in total. The summed E-state index contributed by atoms with van der Waals surface area (Å²) in [4.78, 5) is 15.6. The Bertz CT molecular complexity index is 603. The maximum atomic E-state index is 12.5. The van der Waals surface area contributed by atoms with Gasteiger partial charge in [0.05, 0.1) is 5.69 Å². The lowest BCUT2D eigenvalue weighted by molar-refractivity contribution is 0.215. The standard InChI is InChI=1S/C14H13BrN2OS2/c15-10-4-1-2-5-11(10)16-14(18)17-7-9-20-13(17)12-6-3-8-19-12/h1-6,8,13H,7,9H2,(H,16,18)/t13-/m1/s1. The van der Waals surface area contributed by atoms with Crippen LogP contribution >= 0.6 is 39.0 Å². The van der Waals surface area contributed by atoms with Crippen molar-refractivity contribution in [1.82, 2.24) is 4.90 Å². The molecule has 2 amide bonds. The van der Waals surface area contributed by atoms with E-state index < -0.39 is 0 Å². The highest BCUT2D eigenvalue weighted by molar-refractivity contribution is 9.10. The quantitative estimate of drug-likeness (QED) is 0.826. The van der Waals surface area contributed by atoms with Crippen molar-refractivity contribution in [3.05, 3.63) is 51.1 Å². The first-order valence-electron chi connectivity index (χ1n) is 6.23. The van der Waals surface area contributed by atoms with Gasteiger partial charge in [-0.2, -0.15) is 0 Å². The third-order valence-electron chi connectivity index (χ3n) is 3.05. The summed E-state index contributed by atoms with van der Waals surface area (Å²) in [5, 5.41) is 5.17. The van der Waals surface area contributed by atoms with Gasteiger partial charge in [-0.1, -0.05) is 18.2 Å². The second-order valence-electron chi connectivity index (χ2n) is 4.34. The molecule has 1 aliphatic rings. The molecule has 0 spiro atoms. The van der Waals surface area contributed by atoms with Crippen LogP contribution in [-0.4, -0.2) is 23.2 Å². The monoisotopic (exact) mass is 368 g/mol. The Kier molecular flexibility index (Phi) is 4.33. The average Bonchev–Trinajstić information content (AvgIpc) is 3.11. The average molecular weight is 369 g/mol. The summed E-state index contributed by atoms with van der Waals surface area (Å²) in [5.74, 6) is 0.978. The van der Waals surface area contributed by atoms with E-state index in [1.165, 1.54) is 4.88 Å². The zero-order valence-corrected chi connectivity index (χ0v) is 13.8. The second-order valence-corrected chi connectivity index (χ2v) is 7.36. The summed E-state index contributed by atoms with van der Waals surface area (Å²) in [5.41, 5.74) is 0.805. The number of carbonyl (C=O) groups excluding carboxylic acids is 1. The first-order chi connectivity index (χ1) is 9.75. The summed E-state index contributed by atoms with van der Waals surface area (Å²) in [6.45, 7) is 0.781. The molecular weight excluding hydrogens is 356 g/mol. The van der Waals surface area contributed by atoms with Gasteiger partial charge in [-0.25, -0.2) is 4.79 Å². The Morgan fingerprint density at radius 1 is 1.30 bits per heavy atom. The van der Waals surface area contributed by atoms with Gasteiger partial charge in [0.1, 0.15) is 5.37 Å². The van der Waals surface area contributed by atoms with E-state index in [4.69, 9.17) is 0 Å². The van der Waals surface area contributed by atoms with E-state index in [1.807, 2.05) is 47.0 Å². The number of thiophene rings is 1. The van der Waals surface area contributed by atoms with Gasteiger partial charge in [-0.15, -0.1) is 23.1 Å². The van der Waals surface area contributed by atoms with E-state index in [9.17, 15) is 4.79 Å². The molecule has 3 rings (SSSR count). The summed E-state index contributed by atoms with van der Waals surface area (Å²) in [7, 11) is 0. The van der Waals surface area contributed by atoms with Crippen molar-refractivity contribution in [2.24, 2.45) is 0 Å². The predicted octanol–water partition coefficient (Wildman–Crippen LogP) is 4.79. The van der Waals surface area contributed by atoms with Crippen LogP contribution in [-0.2, 0) is 0 Å². The fourth-order valence-electron chi connectivity index (χ4n) is 2.10. The number of amides is 2. The van der Waals surface area contributed by atoms with Crippen LogP contribution in [0.15, 0.2) is 46.3 Å². The van der Waals surface area contributed by atoms with Gasteiger partial charge in [0.2, 0.25) is 0 Å². The minimum absolute atomic E-state index is 0.0414. The molecule has 0 saturated carbocycles. The van der Waals surface area contributed by atoms with Crippen LogP contribution in [0.4, 0.5) is 10.5 Å². The van der Waals surface area contributed by atoms with Crippen molar-refractivity contribution in [3.8, 4) is 0 Å². The number of hydrogen-bond donors (Lipinski definition) is 1. The van der Waals surface area contributed by atoms with Gasteiger partial charge in [-0.05, 0) is 39.5 Å². The highest BCUT2D eigenvalue weighted by Crippen LogP contribution is 2.40. The fraction of sp³-hybridized carbons (Fsp3) is 0.214. The summed E-state index contributed by atoms with van der Waals surface area (Å²) >= 11 is 6.96. The predicted molar refractivity (Wildman–Crippen MR) is 89.4 cm³/mol. The van der Waals surface area contributed by atoms with Crippen LogP contribution in [0.2, 0.25) is 0 Å². The molecule has 2 aromatic rings. The Morgan fingerprint density at radius 2 is 2.15 bits per heavy atom. The number of carbonyl (C=O) groups is 1. The van der Waals surface area contributed by atoms with Gasteiger partial charge in [0.25, 0.3) is 0 Å². The van der Waals surface area contributed by atoms with Gasteiger partial charge in [0.15, 0.2) is 0 Å². The van der Waals surface area contributed by atoms with Crippen molar-refractivity contribution >= 4 is 50.7 Å². The molecule has 0 unspecified atom stereocenters. The highest BCUT2D eigenvalue weighted by Gasteiger charge is 2.31. The summed E-state index contributed by atoms with van der Waals surface area (Å²) in [6, 6.07) is 11.7. The molecular formula is C14H13BrN2OS2. The Hall–Kier alpha value is -0.980. The largest absolute Gasteiger partial charge is 0.323 e. The summed E-state index contributed by atoms with van der Waals surface area (Å²) in [6.07, 6.45) is 0. The number of anilines is 1. The van der Waals surface area contributed by atoms with E-state index in [0.29, 0.717) is 0 Å². The topological polar surface area (TPSA) is 32.3 Å². The molecule has 1 aromatic heterocycles. The van der Waals surface area contributed by atoms with Crippen LogP contribution in [0.5, 0.6) is 0 Å². The lowest BCUT2D eigenvalue weighted by Crippen LogP contribution is -2.34. The molecule has 1 atom stereocenters. The number of nitrogens with one attached hydrogen (secondary N) is 1. The molecule has 2 heterocycles. The van der Waals surface area contributed by atoms with E-state index in [2.05, 4.69) is 32.7 Å². The molecule has 1 fully saturated rings. The van der Waals surface area contributed by atoms with Gasteiger partial charge < -0.3 is 10.2 Å². The van der Waals surface area contributed by atoms with E-state index in [0.717, 1.165) is 22.5 Å². The van der Waals surface area contributed by atoms with Crippen molar-refractivity contribution in [2.45, 2.75) is 5.37 Å². The maximum absolute atomic E-state index is 12.5. The van der Waals surface area contributed by atoms with Crippen molar-refractivity contribution in [3.63, 3.8) is 0 Å². The minimum Gasteiger partial charge on any atom is -0.307 e. The Labute approximate surface area is 134 Å². The number of hydrogen-bond acceptors (Lipinski definition) is 3. The molecule has 6 heteroatoms. The minimum atomic E-state index is -0.0414. The number of halogens is 1. The molecule has 0 aliphatic carbocycles. The van der Waals surface area contributed by atoms with Crippen LogP contribution in [0.1, 0.15) is 10.3 Å². The lowest BCUT2D eigenvalue weighted by atomic mass is 10.3. The van der Waals surface area contributed by atoms with Gasteiger partial charge >= 0.3 is 6.03 Å². The third-order valence-corrected chi connectivity index (χ3v) is 6.06. The fourth-order valence-corrected chi connectivity index (χ4v) is 4.71. The van der Waals surface area contributed by atoms with Crippen molar-refractivity contribution < 1.29 is 4.79 Å². The number of nitrogens with zero attached hydrogens (tertiary/aromatic N) is 1. The first-order valence-corrected chi connectivity index (χ1v) is 8.95. The van der Waals surface area contributed by atoms with Crippen LogP contribution < -0.4 is 5.32 Å². The van der Waals surface area contributed by atoms with Crippen LogP contribution in [0.25, 0.3) is 0 Å². The lowest BCUT2D eigenvalue weighted by Gasteiger charge is -2.23. The van der Waals surface area contributed by atoms with Crippen LogP contribution in [0.3, 0.4) is 0 Å². The van der Waals surface area contributed by atoms with E-state index in [-0.39, 0.29) is 11.4 Å². The molecule has 1 aliphatic heterocycles. The van der Waals surface area contributed by atoms with Crippen molar-refractivity contribution in [2.75, 3.05) is 17.6 Å². The second kappa shape index (κ2) is 6.20. The number of urea groups is 1. The third kappa shape index (κ3) is 2.87. The summed E-state index contributed by atoms with van der Waals surface area (Å²) < 4.78 is 0.896. The number of para-hydroxylation sites is 1. The zero-order chi connectivity index (χ0) is 13.9. The first kappa shape index (κ1) is 14.0. The van der Waals surface area contributed by atoms with Gasteiger partial charge in [-0.3, -0.25) is 0 Å². The molecule has 1 saturated heterocycles. The molecule has 3 nitrogen and oxygen atoms in total.